The van der Waals surface area contributed by atoms with Crippen LogP contribution in [-0.4, -0.2) is 43.8 Å². The molecule has 3 aromatic rings. The molecule has 0 aliphatic carbocycles. The number of amides is 1. The molecule has 1 aromatic carbocycles. The second kappa shape index (κ2) is 8.71. The fourth-order valence-corrected chi connectivity index (χ4v) is 3.86. The Labute approximate surface area is 178 Å². The Balaban J connectivity index is 1.60. The minimum absolute atomic E-state index is 0.0832. The highest BCUT2D eigenvalue weighted by atomic mass is 32.2. The minimum Gasteiger partial charge on any atom is -0.345 e. The first-order valence-electron chi connectivity index (χ1n) is 9.68. The SMILES string of the molecule is CC[C@H](NC(=O)c1cncc2c1cnn2-c1ccc(F)cc1)C1=CCN(SC)C=C1. The summed E-state index contributed by atoms with van der Waals surface area (Å²) in [5.74, 6) is -0.508. The summed E-state index contributed by atoms with van der Waals surface area (Å²) in [5, 5.41) is 8.21. The monoisotopic (exact) mass is 423 g/mol. The molecule has 0 spiro atoms. The number of halogens is 1. The van der Waals surface area contributed by atoms with Gasteiger partial charge >= 0.3 is 0 Å². The number of aromatic nitrogens is 3. The van der Waals surface area contributed by atoms with Gasteiger partial charge in [-0.15, -0.1) is 0 Å². The number of carbonyl (C=O) groups is 1. The third-order valence-corrected chi connectivity index (χ3v) is 5.84. The Hall–Kier alpha value is -3.13. The van der Waals surface area contributed by atoms with Gasteiger partial charge < -0.3 is 9.62 Å². The number of hydrogen-bond donors (Lipinski definition) is 1. The third-order valence-electron chi connectivity index (χ3n) is 5.10. The second-order valence-corrected chi connectivity index (χ2v) is 7.72. The number of fused-ring (bicyclic) bond motifs is 1. The first kappa shape index (κ1) is 20.2. The van der Waals surface area contributed by atoms with E-state index in [0.29, 0.717) is 22.2 Å². The number of pyridine rings is 1. The molecule has 2 aromatic heterocycles. The van der Waals surface area contributed by atoms with E-state index in [0.717, 1.165) is 18.5 Å². The molecule has 1 amide bonds. The highest BCUT2D eigenvalue weighted by molar-refractivity contribution is 7.96. The Bertz CT molecular complexity index is 1120. The van der Waals surface area contributed by atoms with E-state index in [1.807, 2.05) is 25.5 Å². The van der Waals surface area contributed by atoms with Crippen LogP contribution in [0.1, 0.15) is 23.7 Å². The van der Waals surface area contributed by atoms with Crippen molar-refractivity contribution in [2.75, 3.05) is 12.8 Å². The van der Waals surface area contributed by atoms with Crippen LogP contribution in [0.3, 0.4) is 0 Å². The second-order valence-electron chi connectivity index (χ2n) is 6.89. The number of hydrogen-bond acceptors (Lipinski definition) is 5. The molecule has 0 saturated heterocycles. The molecule has 154 valence electrons. The molecule has 1 atom stereocenters. The van der Waals surface area contributed by atoms with Gasteiger partial charge in [0.05, 0.1) is 35.2 Å². The zero-order chi connectivity index (χ0) is 21.1. The average Bonchev–Trinajstić information content (AvgIpc) is 3.22. The predicted octanol–water partition coefficient (Wildman–Crippen LogP) is 4.10. The van der Waals surface area contributed by atoms with E-state index in [1.165, 1.54) is 12.1 Å². The summed E-state index contributed by atoms with van der Waals surface area (Å²) in [7, 11) is 0. The standard InChI is InChI=1S/C22H22FN5OS/c1-3-20(15-8-10-27(30-2)11-9-15)26-22(29)19-12-24-14-21-18(19)13-25-28(21)17-6-4-16(23)5-7-17/h4-10,12-14,20H,3,11H2,1-2H3,(H,26,29)/t20-/m0/s1. The van der Waals surface area contributed by atoms with E-state index in [2.05, 4.69) is 25.8 Å². The van der Waals surface area contributed by atoms with Gasteiger partial charge in [-0.3, -0.25) is 9.78 Å². The van der Waals surface area contributed by atoms with Gasteiger partial charge in [0.1, 0.15) is 5.82 Å². The Morgan fingerprint density at radius 2 is 2.07 bits per heavy atom. The molecule has 0 saturated carbocycles. The Morgan fingerprint density at radius 1 is 1.27 bits per heavy atom. The maximum Gasteiger partial charge on any atom is 0.254 e. The molecule has 0 unspecified atom stereocenters. The van der Waals surface area contributed by atoms with Crippen molar-refractivity contribution in [3.8, 4) is 5.69 Å². The van der Waals surface area contributed by atoms with Crippen LogP contribution in [0.15, 0.2) is 66.8 Å². The molecule has 1 aliphatic heterocycles. The van der Waals surface area contributed by atoms with Crippen LogP contribution < -0.4 is 5.32 Å². The molecule has 1 aliphatic rings. The van der Waals surface area contributed by atoms with Crippen molar-refractivity contribution in [3.05, 3.63) is 78.2 Å². The van der Waals surface area contributed by atoms with Gasteiger partial charge in [-0.2, -0.15) is 5.10 Å². The van der Waals surface area contributed by atoms with Crippen molar-refractivity contribution in [1.82, 2.24) is 24.4 Å². The molecule has 3 heterocycles. The van der Waals surface area contributed by atoms with Gasteiger partial charge in [0.15, 0.2) is 0 Å². The van der Waals surface area contributed by atoms with E-state index >= 15 is 0 Å². The summed E-state index contributed by atoms with van der Waals surface area (Å²) in [5.41, 5.74) is 2.95. The van der Waals surface area contributed by atoms with E-state index in [-0.39, 0.29) is 17.8 Å². The number of rotatable bonds is 6. The summed E-state index contributed by atoms with van der Waals surface area (Å²) >= 11 is 1.66. The molecule has 6 nitrogen and oxygen atoms in total. The fourth-order valence-electron chi connectivity index (χ4n) is 3.45. The highest BCUT2D eigenvalue weighted by Gasteiger charge is 2.20. The van der Waals surface area contributed by atoms with Crippen LogP contribution in [0.5, 0.6) is 0 Å². The summed E-state index contributed by atoms with van der Waals surface area (Å²) in [6.45, 7) is 2.85. The molecule has 1 N–H and O–H groups in total. The highest BCUT2D eigenvalue weighted by Crippen LogP contribution is 2.22. The van der Waals surface area contributed by atoms with E-state index < -0.39 is 0 Å². The molecular weight excluding hydrogens is 401 g/mol. The lowest BCUT2D eigenvalue weighted by molar-refractivity contribution is 0.0943. The van der Waals surface area contributed by atoms with Crippen LogP contribution in [0, 0.1) is 5.82 Å². The van der Waals surface area contributed by atoms with Gasteiger partial charge in [0.2, 0.25) is 0 Å². The molecule has 30 heavy (non-hydrogen) atoms. The molecule has 0 fully saturated rings. The van der Waals surface area contributed by atoms with Gasteiger partial charge in [0.25, 0.3) is 5.91 Å². The minimum atomic E-state index is -0.314. The zero-order valence-corrected chi connectivity index (χ0v) is 17.6. The molecule has 0 radical (unpaired) electrons. The largest absolute Gasteiger partial charge is 0.345 e. The van der Waals surface area contributed by atoms with E-state index in [9.17, 15) is 9.18 Å². The van der Waals surface area contributed by atoms with Crippen molar-refractivity contribution in [2.45, 2.75) is 19.4 Å². The summed E-state index contributed by atoms with van der Waals surface area (Å²) in [6.07, 6.45) is 13.9. The lowest BCUT2D eigenvalue weighted by atomic mass is 10.0. The fraction of sp³-hybridized carbons (Fsp3) is 0.227. The van der Waals surface area contributed by atoms with Crippen LogP contribution in [-0.2, 0) is 0 Å². The maximum absolute atomic E-state index is 13.3. The summed E-state index contributed by atoms with van der Waals surface area (Å²) in [6, 6.07) is 5.95. The normalized spacial score (nSPS) is 14.6. The van der Waals surface area contributed by atoms with Crippen LogP contribution in [0.2, 0.25) is 0 Å². The summed E-state index contributed by atoms with van der Waals surface area (Å²) < 4.78 is 17.0. The quantitative estimate of drug-likeness (QED) is 0.605. The van der Waals surface area contributed by atoms with Crippen molar-refractivity contribution < 1.29 is 9.18 Å². The van der Waals surface area contributed by atoms with Crippen LogP contribution >= 0.6 is 11.9 Å². The molecule has 8 heteroatoms. The maximum atomic E-state index is 13.3. The van der Waals surface area contributed by atoms with Crippen LogP contribution in [0.25, 0.3) is 16.6 Å². The topological polar surface area (TPSA) is 63.1 Å². The lowest BCUT2D eigenvalue weighted by Gasteiger charge is -2.24. The van der Waals surface area contributed by atoms with Gasteiger partial charge in [0, 0.05) is 30.6 Å². The Kier molecular flexibility index (Phi) is 5.85. The first-order chi connectivity index (χ1) is 14.6. The molecular formula is C22H22FN5OS. The van der Waals surface area contributed by atoms with Gasteiger partial charge in [-0.1, -0.05) is 24.9 Å². The van der Waals surface area contributed by atoms with Crippen molar-refractivity contribution in [1.29, 1.82) is 0 Å². The average molecular weight is 424 g/mol. The molecule has 0 bridgehead atoms. The van der Waals surface area contributed by atoms with Crippen molar-refractivity contribution in [3.63, 3.8) is 0 Å². The number of nitrogens with one attached hydrogen (secondary N) is 1. The lowest BCUT2D eigenvalue weighted by Crippen LogP contribution is -2.36. The molecule has 4 rings (SSSR count). The van der Waals surface area contributed by atoms with Crippen molar-refractivity contribution >= 4 is 28.8 Å². The predicted molar refractivity (Wildman–Crippen MR) is 118 cm³/mol. The van der Waals surface area contributed by atoms with Crippen LogP contribution in [0.4, 0.5) is 4.39 Å². The third kappa shape index (κ3) is 3.95. The number of carbonyl (C=O) groups excluding carboxylic acids is 1. The first-order valence-corrected chi connectivity index (χ1v) is 10.9. The van der Waals surface area contributed by atoms with Crippen molar-refractivity contribution in [2.24, 2.45) is 0 Å². The zero-order valence-electron chi connectivity index (χ0n) is 16.7. The van der Waals surface area contributed by atoms with Gasteiger partial charge in [-0.05, 0) is 42.3 Å². The number of nitrogens with zero attached hydrogens (tertiary/aromatic N) is 4. The number of benzene rings is 1. The Morgan fingerprint density at radius 3 is 2.73 bits per heavy atom. The van der Waals surface area contributed by atoms with Gasteiger partial charge in [-0.25, -0.2) is 9.07 Å². The summed E-state index contributed by atoms with van der Waals surface area (Å²) in [4.78, 5) is 17.3. The smallest absolute Gasteiger partial charge is 0.254 e. The van der Waals surface area contributed by atoms with E-state index in [1.54, 1.807) is 47.4 Å². The van der Waals surface area contributed by atoms with E-state index in [4.69, 9.17) is 0 Å².